The summed E-state index contributed by atoms with van der Waals surface area (Å²) in [5, 5.41) is 11.7. The van der Waals surface area contributed by atoms with Crippen molar-refractivity contribution >= 4 is 47.2 Å². The van der Waals surface area contributed by atoms with E-state index < -0.39 is 0 Å². The van der Waals surface area contributed by atoms with Gasteiger partial charge in [-0.05, 0) is 58.2 Å². The first-order valence-electron chi connectivity index (χ1n) is 10.0. The van der Waals surface area contributed by atoms with Gasteiger partial charge < -0.3 is 20.1 Å². The molecule has 2 N–H and O–H groups in total. The van der Waals surface area contributed by atoms with Gasteiger partial charge >= 0.3 is 0 Å². The first-order chi connectivity index (χ1) is 13.6. The molecule has 2 aromatic rings. The molecule has 1 unspecified atom stereocenters. The highest BCUT2D eigenvalue weighted by molar-refractivity contribution is 14.0. The zero-order valence-corrected chi connectivity index (χ0v) is 20.5. The molecule has 1 aliphatic rings. The summed E-state index contributed by atoms with van der Waals surface area (Å²) in [7, 11) is 0. The Hall–Kier alpha value is -1.48. The second-order valence-corrected chi connectivity index (χ2v) is 7.66. The van der Waals surface area contributed by atoms with Crippen molar-refractivity contribution in [3.05, 3.63) is 46.3 Å². The van der Waals surface area contributed by atoms with Gasteiger partial charge in [0.15, 0.2) is 5.96 Å². The third-order valence-corrected chi connectivity index (χ3v) is 5.32. The molecular formula is C21H31ClIN5O. The maximum absolute atomic E-state index is 6.13. The second-order valence-electron chi connectivity index (χ2n) is 7.22. The van der Waals surface area contributed by atoms with Gasteiger partial charge in [-0.25, -0.2) is 0 Å². The lowest BCUT2D eigenvalue weighted by atomic mass is 10.1. The average Bonchev–Trinajstić information content (AvgIpc) is 3.26. The van der Waals surface area contributed by atoms with Crippen molar-refractivity contribution in [1.29, 1.82) is 0 Å². The minimum absolute atomic E-state index is 0. The third kappa shape index (κ3) is 6.77. The molecule has 0 radical (unpaired) electrons. The molecule has 1 aromatic heterocycles. The number of rotatable bonds is 7. The van der Waals surface area contributed by atoms with Gasteiger partial charge in [-0.1, -0.05) is 22.8 Å². The predicted octanol–water partition coefficient (Wildman–Crippen LogP) is 4.33. The van der Waals surface area contributed by atoms with Gasteiger partial charge in [-0.15, -0.1) is 24.0 Å². The Morgan fingerprint density at radius 2 is 2.21 bits per heavy atom. The van der Waals surface area contributed by atoms with E-state index in [1.807, 2.05) is 32.0 Å². The molecule has 29 heavy (non-hydrogen) atoms. The molecule has 0 saturated carbocycles. The van der Waals surface area contributed by atoms with E-state index in [4.69, 9.17) is 21.1 Å². The van der Waals surface area contributed by atoms with Gasteiger partial charge in [0.2, 0.25) is 0 Å². The molecule has 160 valence electrons. The number of hydrogen-bond donors (Lipinski definition) is 2. The topological polar surface area (TPSA) is 65.7 Å². The standard InChI is InChI=1S/C21H30ClN5O.HI/c1-4-23-21(24-11-6-9-20-15(2)26-28-16(20)3)25-18-10-12-27(14-18)19-8-5-7-17(22)13-19;/h5,7-8,13,18H,4,6,9-12,14H2,1-3H3,(H2,23,24,25);1H. The molecular weight excluding hydrogens is 501 g/mol. The summed E-state index contributed by atoms with van der Waals surface area (Å²) >= 11 is 6.13. The number of anilines is 1. The highest BCUT2D eigenvalue weighted by Gasteiger charge is 2.23. The molecule has 1 aromatic carbocycles. The summed E-state index contributed by atoms with van der Waals surface area (Å²) in [6.45, 7) is 9.63. The number of nitrogens with one attached hydrogen (secondary N) is 2. The fourth-order valence-electron chi connectivity index (χ4n) is 3.60. The number of halogens is 2. The molecule has 1 fully saturated rings. The highest BCUT2D eigenvalue weighted by atomic mass is 127. The predicted molar refractivity (Wildman–Crippen MR) is 131 cm³/mol. The Labute approximate surface area is 195 Å². The van der Waals surface area contributed by atoms with Crippen LogP contribution in [0.2, 0.25) is 5.02 Å². The zero-order valence-electron chi connectivity index (χ0n) is 17.4. The monoisotopic (exact) mass is 531 g/mol. The molecule has 3 rings (SSSR count). The molecule has 1 atom stereocenters. The maximum Gasteiger partial charge on any atom is 0.191 e. The summed E-state index contributed by atoms with van der Waals surface area (Å²) in [6.07, 6.45) is 2.99. The normalized spacial score (nSPS) is 16.6. The van der Waals surface area contributed by atoms with Crippen LogP contribution in [-0.2, 0) is 6.42 Å². The van der Waals surface area contributed by atoms with Crippen LogP contribution >= 0.6 is 35.6 Å². The fraction of sp³-hybridized carbons (Fsp3) is 0.524. The van der Waals surface area contributed by atoms with Crippen LogP contribution in [0.25, 0.3) is 0 Å². The van der Waals surface area contributed by atoms with Crippen molar-refractivity contribution in [3.8, 4) is 0 Å². The first-order valence-corrected chi connectivity index (χ1v) is 10.4. The van der Waals surface area contributed by atoms with Crippen molar-refractivity contribution in [3.63, 3.8) is 0 Å². The van der Waals surface area contributed by atoms with E-state index in [9.17, 15) is 0 Å². The average molecular weight is 532 g/mol. The van der Waals surface area contributed by atoms with E-state index in [-0.39, 0.29) is 24.0 Å². The van der Waals surface area contributed by atoms with Crippen LogP contribution in [-0.4, -0.2) is 43.3 Å². The minimum Gasteiger partial charge on any atom is -0.369 e. The third-order valence-electron chi connectivity index (χ3n) is 5.08. The first kappa shape index (κ1) is 23.8. The highest BCUT2D eigenvalue weighted by Crippen LogP contribution is 2.23. The number of nitrogens with zero attached hydrogens (tertiary/aromatic N) is 3. The van der Waals surface area contributed by atoms with Crippen molar-refractivity contribution < 1.29 is 4.52 Å². The summed E-state index contributed by atoms with van der Waals surface area (Å²) in [6, 6.07) is 8.43. The van der Waals surface area contributed by atoms with Gasteiger partial charge in [-0.3, -0.25) is 4.99 Å². The van der Waals surface area contributed by atoms with E-state index in [1.165, 1.54) is 11.3 Å². The lowest BCUT2D eigenvalue weighted by molar-refractivity contribution is 0.392. The largest absolute Gasteiger partial charge is 0.369 e. The van der Waals surface area contributed by atoms with Crippen molar-refractivity contribution in [2.45, 2.75) is 46.1 Å². The summed E-state index contributed by atoms with van der Waals surface area (Å²) in [5.74, 6) is 1.80. The van der Waals surface area contributed by atoms with Crippen molar-refractivity contribution in [1.82, 2.24) is 15.8 Å². The van der Waals surface area contributed by atoms with Gasteiger partial charge in [0.25, 0.3) is 0 Å². The van der Waals surface area contributed by atoms with E-state index in [2.05, 4.69) is 33.7 Å². The Bertz CT molecular complexity index is 791. The number of benzene rings is 1. The van der Waals surface area contributed by atoms with Gasteiger partial charge in [0, 0.05) is 48.5 Å². The molecule has 8 heteroatoms. The number of guanidine groups is 1. The van der Waals surface area contributed by atoms with E-state index in [0.717, 1.165) is 67.9 Å². The molecule has 1 saturated heterocycles. The summed E-state index contributed by atoms with van der Waals surface area (Å²) < 4.78 is 5.23. The number of aryl methyl sites for hydroxylation is 2. The number of hydrogen-bond acceptors (Lipinski definition) is 4. The zero-order chi connectivity index (χ0) is 19.9. The van der Waals surface area contributed by atoms with E-state index in [0.29, 0.717) is 6.04 Å². The fourth-order valence-corrected chi connectivity index (χ4v) is 3.79. The molecule has 6 nitrogen and oxygen atoms in total. The molecule has 0 bridgehead atoms. The van der Waals surface area contributed by atoms with Crippen molar-refractivity contribution in [2.24, 2.45) is 4.99 Å². The summed E-state index contributed by atoms with van der Waals surface area (Å²) in [4.78, 5) is 7.12. The maximum atomic E-state index is 6.13. The quantitative estimate of drug-likeness (QED) is 0.241. The molecule has 2 heterocycles. The van der Waals surface area contributed by atoms with Gasteiger partial charge in [0.1, 0.15) is 5.76 Å². The number of aliphatic imine (C=N–C) groups is 1. The van der Waals surface area contributed by atoms with Crippen LogP contribution in [0.5, 0.6) is 0 Å². The smallest absolute Gasteiger partial charge is 0.191 e. The lowest BCUT2D eigenvalue weighted by Gasteiger charge is -2.20. The lowest BCUT2D eigenvalue weighted by Crippen LogP contribution is -2.44. The van der Waals surface area contributed by atoms with Crippen molar-refractivity contribution in [2.75, 3.05) is 31.1 Å². The Balaban J connectivity index is 0.00000300. The minimum atomic E-state index is 0. The SMILES string of the molecule is CCNC(=NCCCc1c(C)noc1C)NC1CCN(c2cccc(Cl)c2)C1.I. The molecule has 0 amide bonds. The molecule has 0 spiro atoms. The van der Waals surface area contributed by atoms with Crippen LogP contribution in [0, 0.1) is 13.8 Å². The van der Waals surface area contributed by atoms with Crippen LogP contribution in [0.15, 0.2) is 33.8 Å². The second kappa shape index (κ2) is 11.6. The summed E-state index contributed by atoms with van der Waals surface area (Å²) in [5.41, 5.74) is 3.37. The van der Waals surface area contributed by atoms with E-state index in [1.54, 1.807) is 0 Å². The molecule has 0 aliphatic carbocycles. The number of aromatic nitrogens is 1. The Morgan fingerprint density at radius 1 is 1.38 bits per heavy atom. The van der Waals surface area contributed by atoms with Crippen LogP contribution < -0.4 is 15.5 Å². The molecule has 1 aliphatic heterocycles. The van der Waals surface area contributed by atoms with Crippen LogP contribution in [0.3, 0.4) is 0 Å². The van der Waals surface area contributed by atoms with Gasteiger partial charge in [0.05, 0.1) is 5.69 Å². The van der Waals surface area contributed by atoms with Gasteiger partial charge in [-0.2, -0.15) is 0 Å². The Morgan fingerprint density at radius 3 is 2.90 bits per heavy atom. The van der Waals surface area contributed by atoms with Crippen LogP contribution in [0.4, 0.5) is 5.69 Å². The van der Waals surface area contributed by atoms with E-state index >= 15 is 0 Å². The Kier molecular flexibility index (Phi) is 9.55. The van der Waals surface area contributed by atoms with Crippen LogP contribution in [0.1, 0.15) is 36.8 Å².